The number of benzene rings is 2. The van der Waals surface area contributed by atoms with Gasteiger partial charge in [-0.25, -0.2) is 4.79 Å². The average molecular weight is 407 g/mol. The standard InChI is InChI=1S/C23H19ClN2O3/c1-13-10-15(11-18-17-6-4-5-7-21(17)25(3)22(18)27)14(2)26(13)16-8-9-20(24)19(12-16)23(28)29/h4-12H,1-3H3,(H,28,29)/b18-11+. The van der Waals surface area contributed by atoms with Crippen LogP contribution in [0.2, 0.25) is 5.02 Å². The molecule has 4 rings (SSSR count). The molecule has 146 valence electrons. The number of aryl methyl sites for hydroxylation is 1. The third-order valence-corrected chi connectivity index (χ3v) is 5.63. The van der Waals surface area contributed by atoms with Gasteiger partial charge < -0.3 is 14.6 Å². The van der Waals surface area contributed by atoms with Crippen LogP contribution in [-0.4, -0.2) is 28.6 Å². The molecule has 1 aliphatic heterocycles. The topological polar surface area (TPSA) is 62.5 Å². The Morgan fingerprint density at radius 1 is 1.10 bits per heavy atom. The zero-order chi connectivity index (χ0) is 20.9. The molecule has 0 atom stereocenters. The Morgan fingerprint density at radius 3 is 2.55 bits per heavy atom. The fourth-order valence-corrected chi connectivity index (χ4v) is 4.04. The van der Waals surface area contributed by atoms with Crippen molar-refractivity contribution in [2.45, 2.75) is 13.8 Å². The Hall–Kier alpha value is -3.31. The van der Waals surface area contributed by atoms with Crippen LogP contribution in [0.3, 0.4) is 0 Å². The minimum absolute atomic E-state index is 0.0457. The highest BCUT2D eigenvalue weighted by Crippen LogP contribution is 2.37. The minimum atomic E-state index is -1.07. The van der Waals surface area contributed by atoms with Gasteiger partial charge in [0.1, 0.15) is 0 Å². The molecule has 1 amide bonds. The molecule has 29 heavy (non-hydrogen) atoms. The molecule has 6 heteroatoms. The van der Waals surface area contributed by atoms with Crippen molar-refractivity contribution in [1.29, 1.82) is 0 Å². The number of aromatic nitrogens is 1. The molecule has 0 bridgehead atoms. The first-order chi connectivity index (χ1) is 13.8. The predicted octanol–water partition coefficient (Wildman–Crippen LogP) is 4.96. The van der Waals surface area contributed by atoms with Crippen molar-refractivity contribution in [2.24, 2.45) is 0 Å². The number of amides is 1. The molecule has 0 fully saturated rings. The van der Waals surface area contributed by atoms with Crippen LogP contribution in [0.15, 0.2) is 48.5 Å². The van der Waals surface area contributed by atoms with E-state index >= 15 is 0 Å². The number of carbonyl (C=O) groups excluding carboxylic acids is 1. The van der Waals surface area contributed by atoms with E-state index in [0.29, 0.717) is 11.3 Å². The van der Waals surface area contributed by atoms with E-state index in [1.54, 1.807) is 30.1 Å². The van der Waals surface area contributed by atoms with Gasteiger partial charge in [0, 0.05) is 35.3 Å². The van der Waals surface area contributed by atoms with Crippen molar-refractivity contribution in [1.82, 2.24) is 4.57 Å². The van der Waals surface area contributed by atoms with Gasteiger partial charge in [-0.2, -0.15) is 0 Å². The largest absolute Gasteiger partial charge is 0.478 e. The van der Waals surface area contributed by atoms with Crippen LogP contribution in [0, 0.1) is 13.8 Å². The van der Waals surface area contributed by atoms with Crippen LogP contribution in [0.4, 0.5) is 5.69 Å². The second-order valence-electron chi connectivity index (χ2n) is 7.07. The minimum Gasteiger partial charge on any atom is -0.478 e. The summed E-state index contributed by atoms with van der Waals surface area (Å²) in [6, 6.07) is 14.6. The molecule has 0 unspecified atom stereocenters. The molecule has 1 N–H and O–H groups in total. The number of fused-ring (bicyclic) bond motifs is 1. The lowest BCUT2D eigenvalue weighted by molar-refractivity contribution is -0.112. The van der Waals surface area contributed by atoms with Crippen LogP contribution < -0.4 is 4.90 Å². The van der Waals surface area contributed by atoms with Crippen molar-refractivity contribution in [3.8, 4) is 5.69 Å². The van der Waals surface area contributed by atoms with Crippen molar-refractivity contribution < 1.29 is 14.7 Å². The van der Waals surface area contributed by atoms with Crippen LogP contribution in [-0.2, 0) is 4.79 Å². The predicted molar refractivity (Wildman–Crippen MR) is 115 cm³/mol. The zero-order valence-electron chi connectivity index (χ0n) is 16.2. The van der Waals surface area contributed by atoms with E-state index in [-0.39, 0.29) is 16.5 Å². The quantitative estimate of drug-likeness (QED) is 0.625. The number of aromatic carboxylic acids is 1. The normalized spacial score (nSPS) is 14.6. The van der Waals surface area contributed by atoms with Crippen LogP contribution in [0.1, 0.15) is 32.9 Å². The maximum atomic E-state index is 12.8. The van der Waals surface area contributed by atoms with E-state index in [2.05, 4.69) is 0 Å². The van der Waals surface area contributed by atoms with Crippen molar-refractivity contribution in [3.05, 3.63) is 81.6 Å². The summed E-state index contributed by atoms with van der Waals surface area (Å²) in [6.45, 7) is 3.89. The number of halogens is 1. The molecule has 0 saturated heterocycles. The zero-order valence-corrected chi connectivity index (χ0v) is 17.0. The van der Waals surface area contributed by atoms with E-state index in [9.17, 15) is 14.7 Å². The number of carboxylic acid groups (broad SMARTS) is 1. The summed E-state index contributed by atoms with van der Waals surface area (Å²) in [5.74, 6) is -1.12. The van der Waals surface area contributed by atoms with Crippen molar-refractivity contribution in [3.63, 3.8) is 0 Å². The molecule has 0 saturated carbocycles. The van der Waals surface area contributed by atoms with Gasteiger partial charge in [-0.15, -0.1) is 0 Å². The van der Waals surface area contributed by atoms with Crippen molar-refractivity contribution in [2.75, 3.05) is 11.9 Å². The summed E-state index contributed by atoms with van der Waals surface area (Å²) in [4.78, 5) is 25.9. The molecule has 0 radical (unpaired) electrons. The highest BCUT2D eigenvalue weighted by Gasteiger charge is 2.29. The first-order valence-electron chi connectivity index (χ1n) is 9.11. The number of nitrogens with zero attached hydrogens (tertiary/aromatic N) is 2. The molecule has 0 spiro atoms. The SMILES string of the molecule is Cc1cc(/C=C2/C(=O)N(C)c3ccccc32)c(C)n1-c1ccc(Cl)c(C(=O)O)c1. The number of hydrogen-bond donors (Lipinski definition) is 1. The lowest BCUT2D eigenvalue weighted by Gasteiger charge is -2.11. The van der Waals surface area contributed by atoms with E-state index < -0.39 is 5.97 Å². The molecule has 3 aromatic rings. The highest BCUT2D eigenvalue weighted by atomic mass is 35.5. The van der Waals surface area contributed by atoms with Crippen LogP contribution in [0.5, 0.6) is 0 Å². The third-order valence-electron chi connectivity index (χ3n) is 5.30. The fourth-order valence-electron chi connectivity index (χ4n) is 3.84. The van der Waals surface area contributed by atoms with Gasteiger partial charge in [0.05, 0.1) is 16.3 Å². The fraction of sp³-hybridized carbons (Fsp3) is 0.130. The number of rotatable bonds is 3. The van der Waals surface area contributed by atoms with E-state index in [1.165, 1.54) is 0 Å². The summed E-state index contributed by atoms with van der Waals surface area (Å²) in [5.41, 5.74) is 5.95. The van der Waals surface area contributed by atoms with Gasteiger partial charge in [-0.3, -0.25) is 4.79 Å². The van der Waals surface area contributed by atoms with Gasteiger partial charge in [-0.05, 0) is 55.8 Å². The Labute approximate surface area is 173 Å². The van der Waals surface area contributed by atoms with Crippen LogP contribution in [0.25, 0.3) is 17.3 Å². The Morgan fingerprint density at radius 2 is 1.83 bits per heavy atom. The summed E-state index contributed by atoms with van der Waals surface area (Å²) in [7, 11) is 1.77. The van der Waals surface area contributed by atoms with Crippen molar-refractivity contribution >= 4 is 40.8 Å². The summed E-state index contributed by atoms with van der Waals surface area (Å²) in [6.07, 6.45) is 1.90. The van der Waals surface area contributed by atoms with Gasteiger partial charge in [0.2, 0.25) is 0 Å². The summed E-state index contributed by atoms with van der Waals surface area (Å²) >= 11 is 6.01. The number of para-hydroxylation sites is 1. The average Bonchev–Trinajstić information content (AvgIpc) is 3.10. The molecule has 5 nitrogen and oxygen atoms in total. The first-order valence-corrected chi connectivity index (χ1v) is 9.48. The molecule has 0 aliphatic carbocycles. The van der Waals surface area contributed by atoms with E-state index in [0.717, 1.165) is 28.2 Å². The molecule has 1 aromatic heterocycles. The smallest absolute Gasteiger partial charge is 0.337 e. The maximum Gasteiger partial charge on any atom is 0.337 e. The Balaban J connectivity index is 1.84. The third kappa shape index (κ3) is 3.04. The molecular formula is C23H19ClN2O3. The number of likely N-dealkylation sites (N-methyl/N-ethyl adjacent to an activating group) is 1. The molecule has 2 aromatic carbocycles. The first kappa shape index (κ1) is 19.0. The van der Waals surface area contributed by atoms with Gasteiger partial charge in [0.25, 0.3) is 5.91 Å². The lowest BCUT2D eigenvalue weighted by Crippen LogP contribution is -2.20. The molecular weight excluding hydrogens is 388 g/mol. The van der Waals surface area contributed by atoms with E-state index in [1.807, 2.05) is 54.8 Å². The highest BCUT2D eigenvalue weighted by molar-refractivity contribution is 6.35. The number of carbonyl (C=O) groups is 2. The van der Waals surface area contributed by atoms with Gasteiger partial charge in [-0.1, -0.05) is 29.8 Å². The van der Waals surface area contributed by atoms with E-state index in [4.69, 9.17) is 11.6 Å². The lowest BCUT2D eigenvalue weighted by atomic mass is 10.0. The second kappa shape index (κ2) is 6.94. The number of hydrogen-bond acceptors (Lipinski definition) is 2. The monoisotopic (exact) mass is 406 g/mol. The number of anilines is 1. The van der Waals surface area contributed by atoms with Gasteiger partial charge >= 0.3 is 5.97 Å². The Bertz CT molecular complexity index is 1210. The summed E-state index contributed by atoms with van der Waals surface area (Å²) in [5, 5.41) is 9.57. The number of carboxylic acids is 1. The van der Waals surface area contributed by atoms with Crippen LogP contribution >= 0.6 is 11.6 Å². The molecule has 1 aliphatic rings. The second-order valence-corrected chi connectivity index (χ2v) is 7.48. The van der Waals surface area contributed by atoms with Gasteiger partial charge in [0.15, 0.2) is 0 Å². The summed E-state index contributed by atoms with van der Waals surface area (Å²) < 4.78 is 1.96. The molecule has 2 heterocycles. The maximum absolute atomic E-state index is 12.8. The Kier molecular flexibility index (Phi) is 4.55.